The molecule has 4 nitrogen and oxygen atoms in total. The molecule has 156 valence electrons. The van der Waals surface area contributed by atoms with Gasteiger partial charge in [-0.2, -0.15) is 0 Å². The number of aliphatic hydroxyl groups is 1. The minimum absolute atomic E-state index is 0.144. The average Bonchev–Trinajstić information content (AvgIpc) is 2.72. The van der Waals surface area contributed by atoms with Crippen LogP contribution in [0.3, 0.4) is 0 Å². The van der Waals surface area contributed by atoms with Crippen LogP contribution in [0.1, 0.15) is 40.0 Å². The van der Waals surface area contributed by atoms with Gasteiger partial charge in [-0.3, -0.25) is 4.79 Å². The minimum atomic E-state index is -2.71. The molecule has 5 heteroatoms. The first-order chi connectivity index (χ1) is 13.8. The van der Waals surface area contributed by atoms with Gasteiger partial charge < -0.3 is 14.3 Å². The number of hydrogen-bond acceptors (Lipinski definition) is 4. The van der Waals surface area contributed by atoms with Crippen LogP contribution in [0.5, 0.6) is 0 Å². The smallest absolute Gasteiger partial charge is 0.308 e. The van der Waals surface area contributed by atoms with Gasteiger partial charge in [-0.1, -0.05) is 81.4 Å². The second-order valence-corrected chi connectivity index (χ2v) is 13.2. The minimum Gasteiger partial charge on any atom is -0.469 e. The molecule has 0 spiro atoms. The van der Waals surface area contributed by atoms with Gasteiger partial charge in [0.25, 0.3) is 8.32 Å². The number of benzene rings is 2. The van der Waals surface area contributed by atoms with E-state index in [-0.39, 0.29) is 23.0 Å². The quantitative estimate of drug-likeness (QED) is 0.605. The molecule has 29 heavy (non-hydrogen) atoms. The fourth-order valence-corrected chi connectivity index (χ4v) is 9.30. The summed E-state index contributed by atoms with van der Waals surface area (Å²) >= 11 is 0. The van der Waals surface area contributed by atoms with Crippen LogP contribution in [0.15, 0.2) is 60.7 Å². The summed E-state index contributed by atoms with van der Waals surface area (Å²) in [5.74, 6) is -0.498. The molecular formula is C24H32O4Si. The third-order valence-electron chi connectivity index (χ3n) is 6.03. The van der Waals surface area contributed by atoms with E-state index in [0.717, 1.165) is 0 Å². The van der Waals surface area contributed by atoms with Crippen molar-refractivity contribution in [3.05, 3.63) is 60.7 Å². The van der Waals surface area contributed by atoms with E-state index in [1.165, 1.54) is 17.5 Å². The second kappa shape index (κ2) is 8.82. The lowest BCUT2D eigenvalue weighted by Gasteiger charge is -2.47. The van der Waals surface area contributed by atoms with Crippen LogP contribution in [0.4, 0.5) is 0 Å². The highest BCUT2D eigenvalue weighted by atomic mass is 28.4. The van der Waals surface area contributed by atoms with Gasteiger partial charge in [-0.25, -0.2) is 0 Å². The Morgan fingerprint density at radius 1 is 0.966 bits per heavy atom. The fourth-order valence-electron chi connectivity index (χ4n) is 4.56. The van der Waals surface area contributed by atoms with E-state index >= 15 is 0 Å². The Morgan fingerprint density at radius 3 is 1.90 bits per heavy atom. The number of aliphatic hydroxyl groups excluding tert-OH is 1. The summed E-state index contributed by atoms with van der Waals surface area (Å²) in [6.07, 6.45) is 0.713. The molecule has 0 unspecified atom stereocenters. The van der Waals surface area contributed by atoms with Crippen molar-refractivity contribution >= 4 is 24.7 Å². The number of ether oxygens (including phenoxy) is 1. The summed E-state index contributed by atoms with van der Waals surface area (Å²) in [5, 5.41) is 13.1. The van der Waals surface area contributed by atoms with E-state index in [0.29, 0.717) is 19.3 Å². The van der Waals surface area contributed by atoms with Crippen LogP contribution < -0.4 is 10.4 Å². The summed E-state index contributed by atoms with van der Waals surface area (Å²) in [5.41, 5.74) is 0. The molecule has 2 aromatic carbocycles. The third-order valence-corrected chi connectivity index (χ3v) is 11.1. The second-order valence-electron chi connectivity index (χ2n) is 8.92. The monoisotopic (exact) mass is 412 g/mol. The fraction of sp³-hybridized carbons (Fsp3) is 0.458. The molecule has 0 bridgehead atoms. The molecule has 1 N–H and O–H groups in total. The van der Waals surface area contributed by atoms with Crippen molar-refractivity contribution in [3.63, 3.8) is 0 Å². The molecule has 0 aromatic heterocycles. The highest BCUT2D eigenvalue weighted by Gasteiger charge is 2.52. The first-order valence-corrected chi connectivity index (χ1v) is 12.2. The van der Waals surface area contributed by atoms with Crippen LogP contribution in [-0.2, 0) is 14.0 Å². The van der Waals surface area contributed by atoms with Crippen molar-refractivity contribution in [2.75, 3.05) is 7.11 Å². The molecule has 1 fully saturated rings. The van der Waals surface area contributed by atoms with Crippen LogP contribution in [0.25, 0.3) is 0 Å². The molecular weight excluding hydrogens is 380 g/mol. The van der Waals surface area contributed by atoms with Crippen LogP contribution >= 0.6 is 0 Å². The van der Waals surface area contributed by atoms with E-state index in [1.807, 2.05) is 12.1 Å². The number of esters is 1. The van der Waals surface area contributed by atoms with Crippen molar-refractivity contribution in [1.82, 2.24) is 0 Å². The third kappa shape index (κ3) is 4.32. The number of carbonyl (C=O) groups is 1. The van der Waals surface area contributed by atoms with Gasteiger partial charge in [-0.05, 0) is 34.7 Å². The van der Waals surface area contributed by atoms with Gasteiger partial charge in [0.15, 0.2) is 0 Å². The lowest BCUT2D eigenvalue weighted by Crippen LogP contribution is -2.68. The molecule has 0 saturated heterocycles. The number of rotatable bonds is 5. The molecule has 0 amide bonds. The van der Waals surface area contributed by atoms with Gasteiger partial charge in [-0.15, -0.1) is 0 Å². The first-order valence-electron chi connectivity index (χ1n) is 10.3. The van der Waals surface area contributed by atoms with E-state index < -0.39 is 14.4 Å². The molecule has 3 atom stereocenters. The Kier molecular flexibility index (Phi) is 6.61. The maximum Gasteiger partial charge on any atom is 0.308 e. The Bertz CT molecular complexity index is 761. The van der Waals surface area contributed by atoms with E-state index in [1.54, 1.807) is 0 Å². The maximum absolute atomic E-state index is 11.9. The lowest BCUT2D eigenvalue weighted by molar-refractivity contribution is -0.149. The Hall–Kier alpha value is -1.95. The summed E-state index contributed by atoms with van der Waals surface area (Å²) < 4.78 is 11.9. The van der Waals surface area contributed by atoms with Crippen molar-refractivity contribution in [2.45, 2.75) is 57.3 Å². The van der Waals surface area contributed by atoms with Gasteiger partial charge in [0.2, 0.25) is 0 Å². The standard InChI is InChI=1S/C24H32O4Si/c1-24(2,3)29(19-11-7-5-8-12-19,20-13-9-6-10-14-20)28-22-16-15-18(17-21(22)25)23(26)27-4/h5-14,18,21-22,25H,15-17H2,1-4H3/t18-,21-,22-/m1/s1. The number of hydrogen-bond donors (Lipinski definition) is 1. The molecule has 0 radical (unpaired) electrons. The predicted molar refractivity (Wildman–Crippen MR) is 118 cm³/mol. The van der Waals surface area contributed by atoms with Crippen molar-refractivity contribution < 1.29 is 19.1 Å². The molecule has 0 aliphatic heterocycles. The van der Waals surface area contributed by atoms with Crippen molar-refractivity contribution in [1.29, 1.82) is 0 Å². The molecule has 1 saturated carbocycles. The Labute approximate surface area is 175 Å². The zero-order valence-corrected chi connectivity index (χ0v) is 18.8. The van der Waals surface area contributed by atoms with Crippen molar-refractivity contribution in [2.24, 2.45) is 5.92 Å². The number of carbonyl (C=O) groups excluding carboxylic acids is 1. The normalized spacial score (nSPS) is 22.9. The van der Waals surface area contributed by atoms with Crippen LogP contribution in [-0.4, -0.2) is 38.7 Å². The Balaban J connectivity index is 2.02. The zero-order valence-electron chi connectivity index (χ0n) is 17.8. The molecule has 2 aromatic rings. The van der Waals surface area contributed by atoms with Gasteiger partial charge in [0.05, 0.1) is 25.2 Å². The van der Waals surface area contributed by atoms with Crippen molar-refractivity contribution in [3.8, 4) is 0 Å². The lowest BCUT2D eigenvalue weighted by atomic mass is 9.85. The van der Waals surface area contributed by atoms with Crippen LogP contribution in [0, 0.1) is 5.92 Å². The predicted octanol–water partition coefficient (Wildman–Crippen LogP) is 3.27. The van der Waals surface area contributed by atoms with Gasteiger partial charge in [0, 0.05) is 0 Å². The number of methoxy groups -OCH3 is 1. The highest BCUT2D eigenvalue weighted by molar-refractivity contribution is 6.99. The first kappa shape index (κ1) is 21.7. The van der Waals surface area contributed by atoms with Gasteiger partial charge >= 0.3 is 5.97 Å². The van der Waals surface area contributed by atoms with Gasteiger partial charge in [0.1, 0.15) is 0 Å². The van der Waals surface area contributed by atoms with E-state index in [9.17, 15) is 9.90 Å². The van der Waals surface area contributed by atoms with E-state index in [4.69, 9.17) is 9.16 Å². The maximum atomic E-state index is 11.9. The van der Waals surface area contributed by atoms with E-state index in [2.05, 4.69) is 69.3 Å². The largest absolute Gasteiger partial charge is 0.469 e. The van der Waals surface area contributed by atoms with Crippen LogP contribution in [0.2, 0.25) is 5.04 Å². The average molecular weight is 413 g/mol. The molecule has 1 aliphatic rings. The summed E-state index contributed by atoms with van der Waals surface area (Å²) in [4.78, 5) is 11.9. The summed E-state index contributed by atoms with van der Waals surface area (Å²) in [6.45, 7) is 6.68. The highest BCUT2D eigenvalue weighted by Crippen LogP contribution is 2.40. The Morgan fingerprint density at radius 2 is 1.48 bits per heavy atom. The topological polar surface area (TPSA) is 55.8 Å². The zero-order chi connectivity index (χ0) is 21.1. The molecule has 0 heterocycles. The SMILES string of the molecule is COC(=O)[C@@H]1CC[C@@H](O[Si](c2ccccc2)(c2ccccc2)C(C)(C)C)[C@H](O)C1. The molecule has 1 aliphatic carbocycles. The molecule has 3 rings (SSSR count). The summed E-state index contributed by atoms with van der Waals surface area (Å²) in [7, 11) is -1.31. The summed E-state index contributed by atoms with van der Waals surface area (Å²) in [6, 6.07) is 20.9.